The second-order valence-corrected chi connectivity index (χ2v) is 4.67. The zero-order chi connectivity index (χ0) is 12.7. The molecule has 0 bridgehead atoms. The molecule has 0 N–H and O–H groups in total. The molecule has 1 rings (SSSR count). The Morgan fingerprint density at radius 3 is 2.94 bits per heavy atom. The highest BCUT2D eigenvalue weighted by Gasteiger charge is 2.31. The third-order valence-corrected chi connectivity index (χ3v) is 3.09. The van der Waals surface area contributed by atoms with Crippen LogP contribution in [0.25, 0.3) is 0 Å². The fraction of sp³-hybridized carbons (Fsp3) is 0.643. The zero-order valence-corrected chi connectivity index (χ0v) is 10.8. The molecular weight excluding hydrogens is 214 g/mol. The number of hydrogen-bond acceptors (Lipinski definition) is 3. The molecule has 0 amide bonds. The minimum atomic E-state index is -0.0174. The second-order valence-electron chi connectivity index (χ2n) is 4.67. The molecular formula is C14H21NO2. The number of allylic oxidation sites excluding steroid dienone is 3. The summed E-state index contributed by atoms with van der Waals surface area (Å²) in [7, 11) is 0. The Morgan fingerprint density at radius 1 is 1.59 bits per heavy atom. The van der Waals surface area contributed by atoms with Gasteiger partial charge in [-0.25, -0.2) is 0 Å². The molecule has 1 aliphatic carbocycles. The molecule has 0 saturated carbocycles. The second kappa shape index (κ2) is 7.13. The van der Waals surface area contributed by atoms with E-state index in [9.17, 15) is 0 Å². The van der Waals surface area contributed by atoms with Gasteiger partial charge >= 0.3 is 6.26 Å². The lowest BCUT2D eigenvalue weighted by atomic mass is 9.78. The summed E-state index contributed by atoms with van der Waals surface area (Å²) in [6, 6.07) is 0. The Kier molecular flexibility index (Phi) is 5.79. The molecule has 94 valence electrons. The van der Waals surface area contributed by atoms with Crippen molar-refractivity contribution in [1.29, 1.82) is 5.26 Å². The first kappa shape index (κ1) is 13.8. The summed E-state index contributed by atoms with van der Waals surface area (Å²) in [4.78, 5) is 9.64. The van der Waals surface area contributed by atoms with E-state index < -0.39 is 0 Å². The molecule has 1 aliphatic rings. The Hall–Kier alpha value is -1.27. The summed E-state index contributed by atoms with van der Waals surface area (Å²) in [6.07, 6.45) is 11.1. The van der Waals surface area contributed by atoms with Gasteiger partial charge in [0.2, 0.25) is 0 Å². The maximum Gasteiger partial charge on any atom is 0.324 e. The van der Waals surface area contributed by atoms with Crippen molar-refractivity contribution < 1.29 is 9.78 Å². The molecule has 2 unspecified atom stereocenters. The Labute approximate surface area is 104 Å². The third-order valence-electron chi connectivity index (χ3n) is 3.09. The van der Waals surface area contributed by atoms with Crippen molar-refractivity contribution in [3.8, 4) is 6.26 Å². The summed E-state index contributed by atoms with van der Waals surface area (Å²) in [5.74, 6) is 0.773. The lowest BCUT2D eigenvalue weighted by molar-refractivity contribution is -0.287. The molecule has 0 aliphatic heterocycles. The molecule has 0 fully saturated rings. The van der Waals surface area contributed by atoms with Gasteiger partial charge in [-0.1, -0.05) is 39.0 Å². The fourth-order valence-corrected chi connectivity index (χ4v) is 2.38. The number of rotatable bonds is 5. The van der Waals surface area contributed by atoms with Crippen LogP contribution in [-0.2, 0) is 9.78 Å². The van der Waals surface area contributed by atoms with Crippen molar-refractivity contribution in [2.24, 2.45) is 11.8 Å². The van der Waals surface area contributed by atoms with E-state index in [1.165, 1.54) is 5.57 Å². The highest BCUT2D eigenvalue weighted by Crippen LogP contribution is 2.34. The molecule has 0 heterocycles. The molecule has 3 nitrogen and oxygen atoms in total. The van der Waals surface area contributed by atoms with Crippen molar-refractivity contribution >= 4 is 0 Å². The van der Waals surface area contributed by atoms with Gasteiger partial charge in [0.05, 0.1) is 0 Å². The molecule has 2 atom stereocenters. The first-order valence-electron chi connectivity index (χ1n) is 6.28. The van der Waals surface area contributed by atoms with Crippen molar-refractivity contribution in [2.75, 3.05) is 0 Å². The van der Waals surface area contributed by atoms with E-state index in [1.807, 2.05) is 0 Å². The Bertz CT molecular complexity index is 326. The van der Waals surface area contributed by atoms with Gasteiger partial charge in [-0.15, -0.1) is 5.26 Å². The standard InChI is InChI=1S/C14H21NO2/c1-4-5-7-12-8-6-9-13(17-16-10-15)14(12)11(2)3/h5,7-8,11,13-14H,4,6,9H2,1-3H3/b7-5-. The summed E-state index contributed by atoms with van der Waals surface area (Å²) in [6.45, 7) is 6.47. The largest absolute Gasteiger partial charge is 0.324 e. The van der Waals surface area contributed by atoms with Gasteiger partial charge in [0.25, 0.3) is 0 Å². The lowest BCUT2D eigenvalue weighted by Crippen LogP contribution is -2.31. The van der Waals surface area contributed by atoms with E-state index in [0.29, 0.717) is 11.8 Å². The van der Waals surface area contributed by atoms with Gasteiger partial charge < -0.3 is 0 Å². The Morgan fingerprint density at radius 2 is 2.35 bits per heavy atom. The van der Waals surface area contributed by atoms with Crippen molar-refractivity contribution in [1.82, 2.24) is 0 Å². The quantitative estimate of drug-likeness (QED) is 0.414. The molecule has 17 heavy (non-hydrogen) atoms. The first-order chi connectivity index (χ1) is 8.20. The van der Waals surface area contributed by atoms with Crippen LogP contribution in [0.3, 0.4) is 0 Å². The fourth-order valence-electron chi connectivity index (χ4n) is 2.38. The average molecular weight is 235 g/mol. The Balaban J connectivity index is 2.79. The van der Waals surface area contributed by atoms with E-state index in [4.69, 9.17) is 10.1 Å². The van der Waals surface area contributed by atoms with Crippen LogP contribution in [0, 0.1) is 23.4 Å². The molecule has 0 spiro atoms. The summed E-state index contributed by atoms with van der Waals surface area (Å²) >= 11 is 0. The van der Waals surface area contributed by atoms with Gasteiger partial charge in [-0.2, -0.15) is 4.89 Å². The molecule has 0 aromatic heterocycles. The maximum absolute atomic E-state index is 8.40. The van der Waals surface area contributed by atoms with Gasteiger partial charge in [0.15, 0.2) is 0 Å². The van der Waals surface area contributed by atoms with Crippen LogP contribution in [0.1, 0.15) is 40.0 Å². The predicted molar refractivity (Wildman–Crippen MR) is 66.6 cm³/mol. The van der Waals surface area contributed by atoms with Gasteiger partial charge in [-0.05, 0) is 30.8 Å². The monoisotopic (exact) mass is 235 g/mol. The van der Waals surface area contributed by atoms with Gasteiger partial charge in [0.1, 0.15) is 6.10 Å². The smallest absolute Gasteiger partial charge is 0.254 e. The molecule has 0 radical (unpaired) electrons. The van der Waals surface area contributed by atoms with Gasteiger partial charge in [-0.3, -0.25) is 4.89 Å². The normalized spacial score (nSPS) is 24.8. The van der Waals surface area contributed by atoms with Crippen LogP contribution in [0.4, 0.5) is 0 Å². The third kappa shape index (κ3) is 3.90. The highest BCUT2D eigenvalue weighted by molar-refractivity contribution is 5.25. The summed E-state index contributed by atoms with van der Waals surface area (Å²) in [5, 5.41) is 8.40. The van der Waals surface area contributed by atoms with E-state index >= 15 is 0 Å². The van der Waals surface area contributed by atoms with Crippen molar-refractivity contribution in [3.63, 3.8) is 0 Å². The highest BCUT2D eigenvalue weighted by atomic mass is 17.2. The molecule has 3 heteroatoms. The van der Waals surface area contributed by atoms with Crippen LogP contribution < -0.4 is 0 Å². The number of hydrogen-bond donors (Lipinski definition) is 0. The topological polar surface area (TPSA) is 42.2 Å². The number of nitriles is 1. The van der Waals surface area contributed by atoms with Crippen molar-refractivity contribution in [2.45, 2.75) is 46.1 Å². The zero-order valence-electron chi connectivity index (χ0n) is 10.8. The average Bonchev–Trinajstić information content (AvgIpc) is 2.33. The van der Waals surface area contributed by atoms with E-state index in [0.717, 1.165) is 19.3 Å². The molecule has 0 saturated heterocycles. The van der Waals surface area contributed by atoms with Gasteiger partial charge in [0, 0.05) is 5.92 Å². The maximum atomic E-state index is 8.40. The van der Waals surface area contributed by atoms with Crippen molar-refractivity contribution in [3.05, 3.63) is 23.8 Å². The van der Waals surface area contributed by atoms with Crippen LogP contribution in [-0.4, -0.2) is 6.10 Å². The number of nitrogens with zero attached hydrogens (tertiary/aromatic N) is 1. The predicted octanol–water partition coefficient (Wildman–Crippen LogP) is 3.74. The van der Waals surface area contributed by atoms with E-state index in [1.54, 1.807) is 6.26 Å². The van der Waals surface area contributed by atoms with E-state index in [-0.39, 0.29) is 6.10 Å². The van der Waals surface area contributed by atoms with Crippen LogP contribution in [0.2, 0.25) is 0 Å². The summed E-state index contributed by atoms with van der Waals surface area (Å²) in [5.41, 5.74) is 1.31. The van der Waals surface area contributed by atoms with Crippen LogP contribution in [0.5, 0.6) is 0 Å². The van der Waals surface area contributed by atoms with Crippen LogP contribution >= 0.6 is 0 Å². The summed E-state index contributed by atoms with van der Waals surface area (Å²) < 4.78 is 0. The molecule has 0 aromatic rings. The first-order valence-corrected chi connectivity index (χ1v) is 6.28. The SMILES string of the molecule is CC/C=C\C1=CCCC(OOC#N)C1C(C)C. The minimum Gasteiger partial charge on any atom is -0.254 e. The lowest BCUT2D eigenvalue weighted by Gasteiger charge is -2.32. The van der Waals surface area contributed by atoms with Crippen LogP contribution in [0.15, 0.2) is 23.8 Å². The minimum absolute atomic E-state index is 0.0174. The van der Waals surface area contributed by atoms with E-state index in [2.05, 4.69) is 43.9 Å². The molecule has 0 aromatic carbocycles.